The number of amides is 1. The van der Waals surface area contributed by atoms with Gasteiger partial charge in [0, 0.05) is 6.20 Å². The van der Waals surface area contributed by atoms with Crippen LogP contribution in [0.2, 0.25) is 5.15 Å². The highest BCUT2D eigenvalue weighted by atomic mass is 35.5. The van der Waals surface area contributed by atoms with Gasteiger partial charge in [-0.1, -0.05) is 11.6 Å². The fourth-order valence-electron chi connectivity index (χ4n) is 1.26. The van der Waals surface area contributed by atoms with Crippen LogP contribution in [-0.2, 0) is 9.47 Å². The summed E-state index contributed by atoms with van der Waals surface area (Å²) in [7, 11) is 1.12. The summed E-state index contributed by atoms with van der Waals surface area (Å²) in [6.07, 6.45) is 0.0769. The van der Waals surface area contributed by atoms with E-state index in [1.54, 1.807) is 20.8 Å². The number of esters is 1. The van der Waals surface area contributed by atoms with Gasteiger partial charge in [-0.3, -0.25) is 5.32 Å². The number of rotatable bonds is 2. The number of nitrogens with one attached hydrogen (secondary N) is 1. The van der Waals surface area contributed by atoms with Gasteiger partial charge in [-0.2, -0.15) is 0 Å². The van der Waals surface area contributed by atoms with Gasteiger partial charge in [0.2, 0.25) is 0 Å². The van der Waals surface area contributed by atoms with Crippen molar-refractivity contribution in [2.75, 3.05) is 12.4 Å². The summed E-state index contributed by atoms with van der Waals surface area (Å²) in [4.78, 5) is 26.6. The minimum atomic E-state index is -1.04. The predicted octanol–water partition coefficient (Wildman–Crippen LogP) is 3.01. The van der Waals surface area contributed by atoms with E-state index in [0.29, 0.717) is 0 Å². The van der Waals surface area contributed by atoms with Crippen LogP contribution >= 0.6 is 11.6 Å². The molecule has 0 unspecified atom stereocenters. The molecule has 1 amide bonds. The third kappa shape index (κ3) is 4.06. The van der Waals surface area contributed by atoms with Crippen LogP contribution in [0.4, 0.5) is 14.9 Å². The normalized spacial score (nSPS) is 10.9. The van der Waals surface area contributed by atoms with Crippen LogP contribution in [0.15, 0.2) is 6.20 Å². The molecule has 110 valence electrons. The number of hydrogen-bond donors (Lipinski definition) is 1. The van der Waals surface area contributed by atoms with E-state index in [2.05, 4.69) is 15.0 Å². The van der Waals surface area contributed by atoms with Crippen molar-refractivity contribution in [2.24, 2.45) is 0 Å². The van der Waals surface area contributed by atoms with Gasteiger partial charge in [0.25, 0.3) is 0 Å². The second-order valence-corrected chi connectivity index (χ2v) is 5.13. The Morgan fingerprint density at radius 3 is 2.50 bits per heavy atom. The first-order valence-electron chi connectivity index (χ1n) is 5.58. The van der Waals surface area contributed by atoms with Crippen LogP contribution in [0.5, 0.6) is 0 Å². The van der Waals surface area contributed by atoms with Crippen molar-refractivity contribution in [3.8, 4) is 0 Å². The predicted molar refractivity (Wildman–Crippen MR) is 70.4 cm³/mol. The molecule has 20 heavy (non-hydrogen) atoms. The number of halogens is 2. The molecule has 1 aromatic heterocycles. The molecule has 0 saturated carbocycles. The Hall–Kier alpha value is -1.89. The van der Waals surface area contributed by atoms with E-state index in [9.17, 15) is 14.0 Å². The molecule has 1 aromatic rings. The molecule has 0 saturated heterocycles. The number of carbonyl (C=O) groups is 2. The van der Waals surface area contributed by atoms with Gasteiger partial charge in [0.15, 0.2) is 11.0 Å². The molecule has 0 fully saturated rings. The van der Waals surface area contributed by atoms with Gasteiger partial charge in [-0.15, -0.1) is 0 Å². The maximum Gasteiger partial charge on any atom is 0.412 e. The van der Waals surface area contributed by atoms with Gasteiger partial charge in [0.1, 0.15) is 11.2 Å². The Balaban J connectivity index is 3.12. The van der Waals surface area contributed by atoms with Gasteiger partial charge >= 0.3 is 12.1 Å². The summed E-state index contributed by atoms with van der Waals surface area (Å²) in [5.41, 5.74) is -1.48. The summed E-state index contributed by atoms with van der Waals surface area (Å²) in [6, 6.07) is 0. The van der Waals surface area contributed by atoms with E-state index in [0.717, 1.165) is 13.3 Å². The van der Waals surface area contributed by atoms with Crippen molar-refractivity contribution in [3.05, 3.63) is 22.7 Å². The lowest BCUT2D eigenvalue weighted by atomic mass is 10.2. The zero-order valence-electron chi connectivity index (χ0n) is 11.4. The number of pyridine rings is 1. The lowest BCUT2D eigenvalue weighted by molar-refractivity contribution is 0.0601. The highest BCUT2D eigenvalue weighted by Crippen LogP contribution is 2.25. The van der Waals surface area contributed by atoms with Crippen LogP contribution in [0, 0.1) is 5.82 Å². The summed E-state index contributed by atoms with van der Waals surface area (Å²) in [5.74, 6) is -1.90. The molecule has 0 aliphatic heterocycles. The summed E-state index contributed by atoms with van der Waals surface area (Å²) in [6.45, 7) is 4.93. The quantitative estimate of drug-likeness (QED) is 0.671. The van der Waals surface area contributed by atoms with Gasteiger partial charge in [0.05, 0.1) is 12.8 Å². The van der Waals surface area contributed by atoms with E-state index in [1.807, 2.05) is 0 Å². The largest absolute Gasteiger partial charge is 0.465 e. The van der Waals surface area contributed by atoms with Crippen LogP contribution in [0.1, 0.15) is 31.1 Å². The molecular formula is C12H14ClFN2O4. The Kier molecular flexibility index (Phi) is 4.88. The Morgan fingerprint density at radius 2 is 2.00 bits per heavy atom. The highest BCUT2D eigenvalue weighted by Gasteiger charge is 2.24. The average Bonchev–Trinajstić information content (AvgIpc) is 2.32. The maximum atomic E-state index is 13.9. The smallest absolute Gasteiger partial charge is 0.412 e. The van der Waals surface area contributed by atoms with Crippen molar-refractivity contribution < 1.29 is 23.5 Å². The third-order valence-corrected chi connectivity index (χ3v) is 2.27. The standard InChI is InChI=1S/C12H14ClFN2O4/c1-12(2,3)20-11(18)16-8-6(10(17)19-4)5-15-9(13)7(8)14/h5H,1-4H3,(H,15,16,18). The number of aromatic nitrogens is 1. The van der Waals surface area contributed by atoms with Crippen LogP contribution in [-0.4, -0.2) is 29.8 Å². The molecule has 0 atom stereocenters. The van der Waals surface area contributed by atoms with Crippen molar-refractivity contribution >= 4 is 29.4 Å². The second kappa shape index (κ2) is 6.04. The summed E-state index contributed by atoms with van der Waals surface area (Å²) < 4.78 is 23.3. The van der Waals surface area contributed by atoms with Crippen LogP contribution in [0.25, 0.3) is 0 Å². The molecule has 0 bridgehead atoms. The average molecular weight is 305 g/mol. The number of anilines is 1. The van der Waals surface area contributed by atoms with Crippen molar-refractivity contribution in [3.63, 3.8) is 0 Å². The highest BCUT2D eigenvalue weighted by molar-refractivity contribution is 6.30. The molecule has 6 nitrogen and oxygen atoms in total. The monoisotopic (exact) mass is 304 g/mol. The molecule has 0 aliphatic rings. The number of carbonyl (C=O) groups excluding carboxylic acids is 2. The molecule has 1 N–H and O–H groups in total. The lowest BCUT2D eigenvalue weighted by Gasteiger charge is -2.20. The summed E-state index contributed by atoms with van der Waals surface area (Å²) >= 11 is 5.52. The third-order valence-electron chi connectivity index (χ3n) is 2.01. The molecule has 0 spiro atoms. The molecular weight excluding hydrogens is 291 g/mol. The number of ether oxygens (including phenoxy) is 2. The zero-order valence-corrected chi connectivity index (χ0v) is 12.2. The fourth-order valence-corrected chi connectivity index (χ4v) is 1.40. The molecule has 1 heterocycles. The van der Waals surface area contributed by atoms with Gasteiger partial charge in [-0.25, -0.2) is 19.0 Å². The first-order valence-corrected chi connectivity index (χ1v) is 5.96. The van der Waals surface area contributed by atoms with E-state index >= 15 is 0 Å². The number of methoxy groups -OCH3 is 1. The van der Waals surface area contributed by atoms with Gasteiger partial charge in [-0.05, 0) is 20.8 Å². The summed E-state index contributed by atoms with van der Waals surface area (Å²) in [5, 5.41) is 1.65. The molecule has 0 aromatic carbocycles. The lowest BCUT2D eigenvalue weighted by Crippen LogP contribution is -2.28. The minimum Gasteiger partial charge on any atom is -0.465 e. The molecule has 8 heteroatoms. The van der Waals surface area contributed by atoms with Crippen molar-refractivity contribution in [1.29, 1.82) is 0 Å². The Morgan fingerprint density at radius 1 is 1.40 bits per heavy atom. The number of hydrogen-bond acceptors (Lipinski definition) is 5. The topological polar surface area (TPSA) is 77.5 Å². The van der Waals surface area contributed by atoms with Crippen molar-refractivity contribution in [1.82, 2.24) is 4.98 Å². The molecule has 1 rings (SSSR count). The van der Waals surface area contributed by atoms with E-state index < -0.39 is 34.3 Å². The SMILES string of the molecule is COC(=O)c1cnc(Cl)c(F)c1NC(=O)OC(C)(C)C. The Bertz CT molecular complexity index is 543. The zero-order chi connectivity index (χ0) is 15.5. The first kappa shape index (κ1) is 16.2. The van der Waals surface area contributed by atoms with Crippen LogP contribution < -0.4 is 5.32 Å². The Labute approximate surface area is 120 Å². The first-order chi connectivity index (χ1) is 9.15. The van der Waals surface area contributed by atoms with Crippen molar-refractivity contribution in [2.45, 2.75) is 26.4 Å². The van der Waals surface area contributed by atoms with Gasteiger partial charge < -0.3 is 9.47 Å². The molecule has 0 aliphatic carbocycles. The molecule has 0 radical (unpaired) electrons. The maximum absolute atomic E-state index is 13.9. The van der Waals surface area contributed by atoms with Crippen LogP contribution in [0.3, 0.4) is 0 Å². The minimum absolute atomic E-state index is 0.264. The van der Waals surface area contributed by atoms with E-state index in [1.165, 1.54) is 0 Å². The second-order valence-electron chi connectivity index (χ2n) is 4.77. The fraction of sp³-hybridized carbons (Fsp3) is 0.417. The van der Waals surface area contributed by atoms with E-state index in [4.69, 9.17) is 16.3 Å². The van der Waals surface area contributed by atoms with E-state index in [-0.39, 0.29) is 5.56 Å². The number of nitrogens with zero attached hydrogens (tertiary/aromatic N) is 1.